The maximum absolute atomic E-state index is 11.9. The summed E-state index contributed by atoms with van der Waals surface area (Å²) in [4.78, 5) is 13.0. The first-order chi connectivity index (χ1) is 8.53. The molecule has 0 aliphatic heterocycles. The highest BCUT2D eigenvalue weighted by atomic mass is 32.2. The van der Waals surface area contributed by atoms with Crippen LogP contribution in [0.25, 0.3) is 0 Å². The van der Waals surface area contributed by atoms with Crippen molar-refractivity contribution >= 4 is 17.7 Å². The zero-order valence-electron chi connectivity index (χ0n) is 11.3. The number of ether oxygens (including phenoxy) is 1. The van der Waals surface area contributed by atoms with Crippen molar-refractivity contribution in [2.75, 3.05) is 6.61 Å². The largest absolute Gasteiger partial charge is 0.465 e. The lowest BCUT2D eigenvalue weighted by atomic mass is 10.1. The number of esters is 1. The number of fused-ring (bicyclic) bond motifs is 1. The quantitative estimate of drug-likeness (QED) is 0.614. The molecule has 0 aromatic heterocycles. The molecule has 0 radical (unpaired) electrons. The molecule has 1 aromatic carbocycles. The molecule has 2 nitrogen and oxygen atoms in total. The molecule has 0 N–H and O–H groups in total. The molecule has 0 amide bonds. The standard InChI is InChI=1S/C15H20O2S/c1-4-17-14(16)15(2,3)18-13-9-8-11-6-5-7-12(11)10-13/h8-10H,4-7H2,1-3H3. The highest BCUT2D eigenvalue weighted by molar-refractivity contribution is 8.01. The molecule has 0 saturated carbocycles. The summed E-state index contributed by atoms with van der Waals surface area (Å²) in [7, 11) is 0. The van der Waals surface area contributed by atoms with E-state index in [0.29, 0.717) is 6.61 Å². The van der Waals surface area contributed by atoms with Crippen LogP contribution in [-0.2, 0) is 22.4 Å². The van der Waals surface area contributed by atoms with Gasteiger partial charge in [-0.25, -0.2) is 0 Å². The number of benzene rings is 1. The molecule has 98 valence electrons. The smallest absolute Gasteiger partial charge is 0.321 e. The van der Waals surface area contributed by atoms with Crippen LogP contribution in [0.1, 0.15) is 38.3 Å². The highest BCUT2D eigenvalue weighted by Gasteiger charge is 2.30. The first-order valence-electron chi connectivity index (χ1n) is 6.51. The van der Waals surface area contributed by atoms with E-state index in [1.54, 1.807) is 11.8 Å². The molecular weight excluding hydrogens is 244 g/mol. The molecular formula is C15H20O2S. The summed E-state index contributed by atoms with van der Waals surface area (Å²) < 4.78 is 4.59. The van der Waals surface area contributed by atoms with E-state index in [2.05, 4.69) is 18.2 Å². The van der Waals surface area contributed by atoms with E-state index in [-0.39, 0.29) is 5.97 Å². The number of hydrogen-bond donors (Lipinski definition) is 0. The van der Waals surface area contributed by atoms with Gasteiger partial charge in [-0.2, -0.15) is 0 Å². The average Bonchev–Trinajstić information content (AvgIpc) is 2.76. The van der Waals surface area contributed by atoms with Crippen LogP contribution in [0, 0.1) is 0 Å². The third-order valence-electron chi connectivity index (χ3n) is 3.21. The van der Waals surface area contributed by atoms with Gasteiger partial charge in [-0.3, -0.25) is 4.79 Å². The van der Waals surface area contributed by atoms with E-state index < -0.39 is 4.75 Å². The summed E-state index contributed by atoms with van der Waals surface area (Å²) >= 11 is 1.59. The minimum absolute atomic E-state index is 0.143. The molecule has 3 heteroatoms. The fraction of sp³-hybridized carbons (Fsp3) is 0.533. The molecule has 0 saturated heterocycles. The Labute approximate surface area is 113 Å². The summed E-state index contributed by atoms with van der Waals surface area (Å²) in [5.41, 5.74) is 2.91. The van der Waals surface area contributed by atoms with Gasteiger partial charge in [0.25, 0.3) is 0 Å². The van der Waals surface area contributed by atoms with Gasteiger partial charge >= 0.3 is 5.97 Å². The van der Waals surface area contributed by atoms with Gasteiger partial charge in [-0.15, -0.1) is 11.8 Å². The second kappa shape index (κ2) is 5.35. The summed E-state index contributed by atoms with van der Waals surface area (Å²) in [5.74, 6) is -0.143. The van der Waals surface area contributed by atoms with E-state index in [4.69, 9.17) is 4.74 Å². The lowest BCUT2D eigenvalue weighted by molar-refractivity contribution is -0.145. The fourth-order valence-corrected chi connectivity index (χ4v) is 3.32. The lowest BCUT2D eigenvalue weighted by Crippen LogP contribution is -2.29. The Morgan fingerprint density at radius 3 is 2.78 bits per heavy atom. The van der Waals surface area contributed by atoms with Crippen LogP contribution >= 0.6 is 11.8 Å². The normalized spacial score (nSPS) is 14.4. The first kappa shape index (κ1) is 13.5. The lowest BCUT2D eigenvalue weighted by Gasteiger charge is -2.21. The second-order valence-corrected chi connectivity index (χ2v) is 6.81. The Morgan fingerprint density at radius 1 is 1.33 bits per heavy atom. The molecule has 0 fully saturated rings. The SMILES string of the molecule is CCOC(=O)C(C)(C)Sc1ccc2c(c1)CCC2. The van der Waals surface area contributed by atoms with Crippen molar-refractivity contribution in [3.05, 3.63) is 29.3 Å². The number of rotatable bonds is 4. The van der Waals surface area contributed by atoms with Crippen LogP contribution in [0.15, 0.2) is 23.1 Å². The van der Waals surface area contributed by atoms with E-state index in [0.717, 1.165) is 4.90 Å². The number of carbonyl (C=O) groups is 1. The Balaban J connectivity index is 2.11. The minimum Gasteiger partial charge on any atom is -0.465 e. The van der Waals surface area contributed by atoms with Crippen molar-refractivity contribution < 1.29 is 9.53 Å². The Morgan fingerprint density at radius 2 is 2.06 bits per heavy atom. The summed E-state index contributed by atoms with van der Waals surface area (Å²) in [6, 6.07) is 6.55. The molecule has 1 aromatic rings. The van der Waals surface area contributed by atoms with Crippen molar-refractivity contribution in [3.8, 4) is 0 Å². The Bertz CT molecular complexity index is 452. The average molecular weight is 264 g/mol. The predicted molar refractivity (Wildman–Crippen MR) is 75.0 cm³/mol. The third-order valence-corrected chi connectivity index (χ3v) is 4.38. The molecule has 0 bridgehead atoms. The number of aryl methyl sites for hydroxylation is 2. The second-order valence-electron chi connectivity index (χ2n) is 5.12. The summed E-state index contributed by atoms with van der Waals surface area (Å²) in [6.07, 6.45) is 3.62. The maximum Gasteiger partial charge on any atom is 0.321 e. The molecule has 0 unspecified atom stereocenters. The van der Waals surface area contributed by atoms with Crippen molar-refractivity contribution in [2.45, 2.75) is 49.7 Å². The molecule has 18 heavy (non-hydrogen) atoms. The third kappa shape index (κ3) is 2.89. The van der Waals surface area contributed by atoms with Crippen LogP contribution in [-0.4, -0.2) is 17.3 Å². The highest BCUT2D eigenvalue weighted by Crippen LogP contribution is 2.36. The van der Waals surface area contributed by atoms with Gasteiger partial charge < -0.3 is 4.74 Å². The van der Waals surface area contributed by atoms with E-state index in [1.807, 2.05) is 20.8 Å². The zero-order chi connectivity index (χ0) is 13.2. The topological polar surface area (TPSA) is 26.3 Å². The fourth-order valence-electron chi connectivity index (χ4n) is 2.25. The van der Waals surface area contributed by atoms with Gasteiger partial charge in [0.2, 0.25) is 0 Å². The van der Waals surface area contributed by atoms with Gasteiger partial charge in [0.15, 0.2) is 0 Å². The molecule has 1 aliphatic rings. The van der Waals surface area contributed by atoms with E-state index >= 15 is 0 Å². The molecule has 0 heterocycles. The number of hydrogen-bond acceptors (Lipinski definition) is 3. The first-order valence-corrected chi connectivity index (χ1v) is 7.32. The van der Waals surface area contributed by atoms with Crippen LogP contribution in [0.5, 0.6) is 0 Å². The Hall–Kier alpha value is -0.960. The molecule has 0 atom stereocenters. The maximum atomic E-state index is 11.9. The van der Waals surface area contributed by atoms with Crippen LogP contribution in [0.2, 0.25) is 0 Å². The van der Waals surface area contributed by atoms with Gasteiger partial charge in [0.05, 0.1) is 6.61 Å². The van der Waals surface area contributed by atoms with Gasteiger partial charge in [-0.1, -0.05) is 6.07 Å². The van der Waals surface area contributed by atoms with Crippen molar-refractivity contribution in [3.63, 3.8) is 0 Å². The minimum atomic E-state index is -0.525. The zero-order valence-corrected chi connectivity index (χ0v) is 12.1. The van der Waals surface area contributed by atoms with Gasteiger partial charge in [-0.05, 0) is 63.3 Å². The van der Waals surface area contributed by atoms with E-state index in [9.17, 15) is 4.79 Å². The van der Waals surface area contributed by atoms with Gasteiger partial charge in [0, 0.05) is 4.90 Å². The van der Waals surface area contributed by atoms with Crippen molar-refractivity contribution in [1.29, 1.82) is 0 Å². The summed E-state index contributed by atoms with van der Waals surface area (Å²) in [5, 5.41) is 0. The van der Waals surface area contributed by atoms with Crippen LogP contribution in [0.4, 0.5) is 0 Å². The predicted octanol–water partition coefficient (Wildman–Crippen LogP) is 3.61. The Kier molecular flexibility index (Phi) is 4.00. The van der Waals surface area contributed by atoms with Crippen LogP contribution in [0.3, 0.4) is 0 Å². The molecule has 1 aliphatic carbocycles. The van der Waals surface area contributed by atoms with E-state index in [1.165, 1.54) is 30.4 Å². The van der Waals surface area contributed by atoms with Crippen LogP contribution < -0.4 is 0 Å². The molecule has 0 spiro atoms. The van der Waals surface area contributed by atoms with Gasteiger partial charge in [0.1, 0.15) is 4.75 Å². The number of thioether (sulfide) groups is 1. The summed E-state index contributed by atoms with van der Waals surface area (Å²) in [6.45, 7) is 6.12. The molecule has 2 rings (SSSR count). The number of carbonyl (C=O) groups excluding carboxylic acids is 1. The van der Waals surface area contributed by atoms with Crippen molar-refractivity contribution in [1.82, 2.24) is 0 Å². The van der Waals surface area contributed by atoms with Crippen molar-refractivity contribution in [2.24, 2.45) is 0 Å². The monoisotopic (exact) mass is 264 g/mol.